The molecular formula is C5H4ClF2N3O. The van der Waals surface area contributed by atoms with Gasteiger partial charge in [-0.15, -0.1) is 0 Å². The molecule has 2 N–H and O–H groups in total. The summed E-state index contributed by atoms with van der Waals surface area (Å²) in [6.07, 6.45) is 1.05. The van der Waals surface area contributed by atoms with E-state index in [2.05, 4.69) is 14.7 Å². The van der Waals surface area contributed by atoms with Gasteiger partial charge in [-0.3, -0.25) is 0 Å². The smallest absolute Gasteiger partial charge is 0.387 e. The Bertz CT molecular complexity index is 263. The van der Waals surface area contributed by atoms with Gasteiger partial charge in [0.05, 0.1) is 0 Å². The number of nitrogens with two attached hydrogens (primary N) is 1. The maximum absolute atomic E-state index is 11.7. The van der Waals surface area contributed by atoms with Crippen LogP contribution in [0.2, 0.25) is 5.15 Å². The second-order valence-electron chi connectivity index (χ2n) is 1.76. The van der Waals surface area contributed by atoms with Gasteiger partial charge >= 0.3 is 6.61 Å². The maximum atomic E-state index is 11.7. The molecule has 0 spiro atoms. The number of halogens is 3. The predicted octanol–water partition coefficient (Wildman–Crippen LogP) is 1.31. The van der Waals surface area contributed by atoms with Crippen molar-refractivity contribution < 1.29 is 13.5 Å². The van der Waals surface area contributed by atoms with Gasteiger partial charge in [0.15, 0.2) is 11.0 Å². The zero-order valence-electron chi connectivity index (χ0n) is 5.67. The number of aromatic nitrogens is 2. The van der Waals surface area contributed by atoms with Crippen LogP contribution in [-0.4, -0.2) is 16.6 Å². The first kappa shape index (κ1) is 8.92. The van der Waals surface area contributed by atoms with Crippen LogP contribution in [0.15, 0.2) is 6.33 Å². The van der Waals surface area contributed by atoms with Crippen LogP contribution in [0.25, 0.3) is 0 Å². The number of nitrogens with zero attached hydrogens (tertiary/aromatic N) is 2. The Kier molecular flexibility index (Phi) is 2.59. The minimum atomic E-state index is -2.99. The normalized spacial score (nSPS) is 10.3. The van der Waals surface area contributed by atoms with Crippen LogP contribution in [0, 0.1) is 0 Å². The molecule has 0 bridgehead atoms. The highest BCUT2D eigenvalue weighted by atomic mass is 35.5. The Hall–Kier alpha value is -1.17. The minimum absolute atomic E-state index is 0.213. The summed E-state index contributed by atoms with van der Waals surface area (Å²) in [5.74, 6) is -0.607. The van der Waals surface area contributed by atoms with Crippen molar-refractivity contribution in [1.29, 1.82) is 0 Å². The molecule has 0 saturated heterocycles. The van der Waals surface area contributed by atoms with E-state index < -0.39 is 12.4 Å². The number of hydrogen-bond donors (Lipinski definition) is 1. The van der Waals surface area contributed by atoms with E-state index in [-0.39, 0.29) is 11.0 Å². The summed E-state index contributed by atoms with van der Waals surface area (Å²) < 4.78 is 27.3. The molecule has 0 fully saturated rings. The number of alkyl halides is 2. The van der Waals surface area contributed by atoms with Crippen molar-refractivity contribution in [3.63, 3.8) is 0 Å². The van der Waals surface area contributed by atoms with Gasteiger partial charge in [-0.2, -0.15) is 8.78 Å². The lowest BCUT2D eigenvalue weighted by molar-refractivity contribution is -0.0496. The molecule has 0 unspecified atom stereocenters. The van der Waals surface area contributed by atoms with Gasteiger partial charge < -0.3 is 10.5 Å². The van der Waals surface area contributed by atoms with Crippen LogP contribution < -0.4 is 10.5 Å². The second kappa shape index (κ2) is 3.48. The average Bonchev–Trinajstić information content (AvgIpc) is 1.97. The quantitative estimate of drug-likeness (QED) is 0.723. The van der Waals surface area contributed by atoms with Crippen LogP contribution in [0.3, 0.4) is 0 Å². The number of nitrogen functional groups attached to an aromatic ring is 1. The Morgan fingerprint density at radius 1 is 1.50 bits per heavy atom. The van der Waals surface area contributed by atoms with Gasteiger partial charge in [-0.05, 0) is 0 Å². The molecule has 0 atom stereocenters. The number of ether oxygens (including phenoxy) is 1. The summed E-state index contributed by atoms with van der Waals surface area (Å²) in [4.78, 5) is 6.83. The highest BCUT2D eigenvalue weighted by Crippen LogP contribution is 2.27. The molecule has 66 valence electrons. The lowest BCUT2D eigenvalue weighted by atomic mass is 10.5. The second-order valence-corrected chi connectivity index (χ2v) is 2.12. The Labute approximate surface area is 71.3 Å². The summed E-state index contributed by atoms with van der Waals surface area (Å²) in [7, 11) is 0. The Balaban J connectivity index is 2.96. The SMILES string of the molecule is Nc1ncnc(Cl)c1OC(F)F. The molecule has 1 heterocycles. The molecule has 1 rings (SSSR count). The van der Waals surface area contributed by atoms with Gasteiger partial charge in [-0.1, -0.05) is 11.6 Å². The standard InChI is InChI=1S/C5H4ClF2N3O/c6-3-2(12-5(7)8)4(9)11-1-10-3/h1,5H,(H2,9,10,11). The van der Waals surface area contributed by atoms with E-state index in [0.717, 1.165) is 6.33 Å². The zero-order valence-corrected chi connectivity index (χ0v) is 6.42. The molecule has 0 radical (unpaired) electrons. The molecular weight excluding hydrogens is 192 g/mol. The lowest BCUT2D eigenvalue weighted by Crippen LogP contribution is -2.06. The number of hydrogen-bond acceptors (Lipinski definition) is 4. The van der Waals surface area contributed by atoms with E-state index >= 15 is 0 Å². The van der Waals surface area contributed by atoms with Crippen molar-refractivity contribution in [1.82, 2.24) is 9.97 Å². The summed E-state index contributed by atoms with van der Waals surface area (Å²) >= 11 is 5.38. The molecule has 7 heteroatoms. The van der Waals surface area contributed by atoms with Gasteiger partial charge in [0.1, 0.15) is 6.33 Å². The van der Waals surface area contributed by atoms with Gasteiger partial charge in [-0.25, -0.2) is 9.97 Å². The molecule has 12 heavy (non-hydrogen) atoms. The zero-order chi connectivity index (χ0) is 9.14. The molecule has 0 aliphatic rings. The first-order valence-electron chi connectivity index (χ1n) is 2.82. The third-order valence-electron chi connectivity index (χ3n) is 0.995. The van der Waals surface area contributed by atoms with Crippen molar-refractivity contribution in [2.24, 2.45) is 0 Å². The lowest BCUT2D eigenvalue weighted by Gasteiger charge is -2.06. The number of anilines is 1. The van der Waals surface area contributed by atoms with E-state index in [9.17, 15) is 8.78 Å². The molecule has 0 amide bonds. The molecule has 0 saturated carbocycles. The molecule has 1 aromatic rings. The van der Waals surface area contributed by atoms with E-state index in [0.29, 0.717) is 0 Å². The van der Waals surface area contributed by atoms with Crippen LogP contribution >= 0.6 is 11.6 Å². The summed E-state index contributed by atoms with van der Waals surface area (Å²) in [6, 6.07) is 0. The van der Waals surface area contributed by atoms with Crippen molar-refractivity contribution in [3.05, 3.63) is 11.5 Å². The molecule has 0 aromatic carbocycles. The fraction of sp³-hybridized carbons (Fsp3) is 0.200. The number of rotatable bonds is 2. The molecule has 4 nitrogen and oxygen atoms in total. The predicted molar refractivity (Wildman–Crippen MR) is 38.1 cm³/mol. The molecule has 0 aliphatic carbocycles. The average molecular weight is 196 g/mol. The van der Waals surface area contributed by atoms with E-state index in [1.54, 1.807) is 0 Å². The monoisotopic (exact) mass is 195 g/mol. The maximum Gasteiger partial charge on any atom is 0.387 e. The van der Waals surface area contributed by atoms with Crippen LogP contribution in [0.1, 0.15) is 0 Å². The van der Waals surface area contributed by atoms with Gasteiger partial charge in [0.2, 0.25) is 5.75 Å². The third kappa shape index (κ3) is 1.91. The summed E-state index contributed by atoms with van der Waals surface area (Å²) in [5, 5.41) is -0.234. The van der Waals surface area contributed by atoms with Gasteiger partial charge in [0.25, 0.3) is 0 Å². The largest absolute Gasteiger partial charge is 0.428 e. The summed E-state index contributed by atoms with van der Waals surface area (Å²) in [6.45, 7) is -2.99. The van der Waals surface area contributed by atoms with Gasteiger partial charge in [0, 0.05) is 0 Å². The van der Waals surface area contributed by atoms with Crippen LogP contribution in [-0.2, 0) is 0 Å². The third-order valence-corrected chi connectivity index (χ3v) is 1.26. The molecule has 1 aromatic heterocycles. The van der Waals surface area contributed by atoms with Crippen molar-refractivity contribution in [2.75, 3.05) is 5.73 Å². The fourth-order valence-electron chi connectivity index (χ4n) is 0.563. The fourth-order valence-corrected chi connectivity index (χ4v) is 0.748. The van der Waals surface area contributed by atoms with Crippen LogP contribution in [0.4, 0.5) is 14.6 Å². The first-order valence-corrected chi connectivity index (χ1v) is 3.20. The van der Waals surface area contributed by atoms with E-state index in [1.807, 2.05) is 0 Å². The van der Waals surface area contributed by atoms with Crippen molar-refractivity contribution in [3.8, 4) is 5.75 Å². The van der Waals surface area contributed by atoms with Crippen molar-refractivity contribution in [2.45, 2.75) is 6.61 Å². The summed E-state index contributed by atoms with van der Waals surface area (Å²) in [5.41, 5.74) is 5.18. The molecule has 0 aliphatic heterocycles. The van der Waals surface area contributed by atoms with E-state index in [1.165, 1.54) is 0 Å². The van der Waals surface area contributed by atoms with E-state index in [4.69, 9.17) is 17.3 Å². The Morgan fingerprint density at radius 3 is 2.67 bits per heavy atom. The Morgan fingerprint density at radius 2 is 2.17 bits per heavy atom. The topological polar surface area (TPSA) is 61.0 Å². The highest BCUT2D eigenvalue weighted by Gasteiger charge is 2.13. The van der Waals surface area contributed by atoms with Crippen molar-refractivity contribution >= 4 is 17.4 Å². The highest BCUT2D eigenvalue weighted by molar-refractivity contribution is 6.31. The van der Waals surface area contributed by atoms with Crippen LogP contribution in [0.5, 0.6) is 5.75 Å². The first-order chi connectivity index (χ1) is 5.61. The minimum Gasteiger partial charge on any atom is -0.428 e.